The molecule has 108 valence electrons. The van der Waals surface area contributed by atoms with Gasteiger partial charge in [-0.3, -0.25) is 0 Å². The minimum atomic E-state index is -0.264. The Morgan fingerprint density at radius 1 is 1.30 bits per heavy atom. The quantitative estimate of drug-likeness (QED) is 0.827. The summed E-state index contributed by atoms with van der Waals surface area (Å²) in [4.78, 5) is 1.25. The van der Waals surface area contributed by atoms with Crippen molar-refractivity contribution in [2.75, 3.05) is 13.7 Å². The molecule has 2 nitrogen and oxygen atoms in total. The third-order valence-electron chi connectivity index (χ3n) is 3.21. The Hall–Kier alpha value is -1.39. The monoisotopic (exact) mass is 293 g/mol. The van der Waals surface area contributed by atoms with Gasteiger partial charge in [0.2, 0.25) is 0 Å². The molecule has 1 aromatic heterocycles. The lowest BCUT2D eigenvalue weighted by atomic mass is 10.0. The van der Waals surface area contributed by atoms with Gasteiger partial charge in [0, 0.05) is 22.9 Å². The van der Waals surface area contributed by atoms with E-state index in [9.17, 15) is 4.39 Å². The van der Waals surface area contributed by atoms with Gasteiger partial charge in [0.05, 0.1) is 7.11 Å². The van der Waals surface area contributed by atoms with Gasteiger partial charge in [0.1, 0.15) is 0 Å². The predicted octanol–water partition coefficient (Wildman–Crippen LogP) is 4.18. The van der Waals surface area contributed by atoms with Crippen LogP contribution < -0.4 is 10.1 Å². The molecule has 2 aromatic rings. The van der Waals surface area contributed by atoms with E-state index in [1.165, 1.54) is 12.0 Å². The summed E-state index contributed by atoms with van der Waals surface area (Å²) in [6.45, 7) is 2.98. The smallest absolute Gasteiger partial charge is 0.169 e. The van der Waals surface area contributed by atoms with E-state index < -0.39 is 0 Å². The van der Waals surface area contributed by atoms with Crippen LogP contribution in [0.5, 0.6) is 5.75 Å². The second-order valence-corrected chi connectivity index (χ2v) is 5.69. The van der Waals surface area contributed by atoms with Crippen LogP contribution in [0.2, 0.25) is 0 Å². The van der Waals surface area contributed by atoms with Crippen molar-refractivity contribution in [3.05, 3.63) is 52.0 Å². The SMILES string of the molecule is CCCNC(Cc1cccs1)c1cccc(OC)c1F. The molecule has 4 heteroatoms. The molecule has 0 fully saturated rings. The number of hydrogen-bond donors (Lipinski definition) is 1. The van der Waals surface area contributed by atoms with Crippen LogP contribution in [-0.2, 0) is 6.42 Å². The highest BCUT2D eigenvalue weighted by molar-refractivity contribution is 7.09. The van der Waals surface area contributed by atoms with Crippen LogP contribution in [0, 0.1) is 5.82 Å². The van der Waals surface area contributed by atoms with Gasteiger partial charge in [-0.15, -0.1) is 11.3 Å². The second-order valence-electron chi connectivity index (χ2n) is 4.65. The van der Waals surface area contributed by atoms with Gasteiger partial charge in [-0.05, 0) is 30.5 Å². The minimum absolute atomic E-state index is 0.0244. The van der Waals surface area contributed by atoms with Crippen LogP contribution in [0.4, 0.5) is 4.39 Å². The topological polar surface area (TPSA) is 21.3 Å². The van der Waals surface area contributed by atoms with Crippen molar-refractivity contribution in [2.45, 2.75) is 25.8 Å². The van der Waals surface area contributed by atoms with Gasteiger partial charge < -0.3 is 10.1 Å². The Morgan fingerprint density at radius 2 is 2.15 bits per heavy atom. The average Bonchev–Trinajstić information content (AvgIpc) is 2.97. The van der Waals surface area contributed by atoms with Crippen molar-refractivity contribution in [1.82, 2.24) is 5.32 Å². The molecular weight excluding hydrogens is 273 g/mol. The first-order chi connectivity index (χ1) is 9.76. The highest BCUT2D eigenvalue weighted by Gasteiger charge is 2.18. The first-order valence-corrected chi connectivity index (χ1v) is 7.72. The summed E-state index contributed by atoms with van der Waals surface area (Å²) in [5.74, 6) is 0.0390. The molecule has 0 bridgehead atoms. The zero-order valence-electron chi connectivity index (χ0n) is 11.9. The van der Waals surface area contributed by atoms with Crippen LogP contribution >= 0.6 is 11.3 Å². The number of methoxy groups -OCH3 is 1. The van der Waals surface area contributed by atoms with Gasteiger partial charge in [-0.1, -0.05) is 25.1 Å². The Bertz CT molecular complexity index is 527. The van der Waals surface area contributed by atoms with E-state index in [2.05, 4.69) is 18.3 Å². The maximum Gasteiger partial charge on any atom is 0.169 e. The number of halogens is 1. The summed E-state index contributed by atoms with van der Waals surface area (Å²) >= 11 is 1.70. The maximum absolute atomic E-state index is 14.4. The van der Waals surface area contributed by atoms with Crippen molar-refractivity contribution in [1.29, 1.82) is 0 Å². The number of benzene rings is 1. The number of hydrogen-bond acceptors (Lipinski definition) is 3. The molecule has 0 radical (unpaired) electrons. The molecule has 1 atom stereocenters. The maximum atomic E-state index is 14.4. The molecule has 1 heterocycles. The Kier molecular flexibility index (Phi) is 5.56. The molecule has 1 aromatic carbocycles. The van der Waals surface area contributed by atoms with E-state index in [-0.39, 0.29) is 11.9 Å². The molecule has 20 heavy (non-hydrogen) atoms. The summed E-state index contributed by atoms with van der Waals surface area (Å²) in [5.41, 5.74) is 0.672. The Labute approximate surface area is 123 Å². The third kappa shape index (κ3) is 3.58. The summed E-state index contributed by atoms with van der Waals surface area (Å²) in [7, 11) is 1.50. The van der Waals surface area contributed by atoms with Crippen molar-refractivity contribution < 1.29 is 9.13 Å². The molecule has 0 saturated carbocycles. The van der Waals surface area contributed by atoms with Crippen LogP contribution in [-0.4, -0.2) is 13.7 Å². The van der Waals surface area contributed by atoms with Gasteiger partial charge >= 0.3 is 0 Å². The lowest BCUT2D eigenvalue weighted by Gasteiger charge is -2.20. The molecular formula is C16H20FNOS. The van der Waals surface area contributed by atoms with Crippen molar-refractivity contribution in [3.63, 3.8) is 0 Å². The first-order valence-electron chi connectivity index (χ1n) is 6.84. The molecule has 0 aliphatic heterocycles. The van der Waals surface area contributed by atoms with Gasteiger partial charge in [-0.2, -0.15) is 0 Å². The molecule has 0 amide bonds. The second kappa shape index (κ2) is 7.41. The van der Waals surface area contributed by atoms with Crippen molar-refractivity contribution in [2.24, 2.45) is 0 Å². The van der Waals surface area contributed by atoms with E-state index in [1.54, 1.807) is 17.4 Å². The van der Waals surface area contributed by atoms with Crippen LogP contribution in [0.1, 0.15) is 29.8 Å². The largest absolute Gasteiger partial charge is 0.494 e. The minimum Gasteiger partial charge on any atom is -0.494 e. The zero-order chi connectivity index (χ0) is 14.4. The van der Waals surface area contributed by atoms with Crippen LogP contribution in [0.3, 0.4) is 0 Å². The van der Waals surface area contributed by atoms with E-state index in [1.807, 2.05) is 23.6 Å². The fourth-order valence-electron chi connectivity index (χ4n) is 2.20. The molecule has 1 unspecified atom stereocenters. The van der Waals surface area contributed by atoms with Gasteiger partial charge in [-0.25, -0.2) is 4.39 Å². The summed E-state index contributed by atoms with van der Waals surface area (Å²) < 4.78 is 19.5. The zero-order valence-corrected chi connectivity index (χ0v) is 12.7. The highest BCUT2D eigenvalue weighted by Crippen LogP contribution is 2.28. The Morgan fingerprint density at radius 3 is 2.80 bits per heavy atom. The lowest BCUT2D eigenvalue weighted by Crippen LogP contribution is -2.24. The predicted molar refractivity (Wildman–Crippen MR) is 82.0 cm³/mol. The van der Waals surface area contributed by atoms with Crippen molar-refractivity contribution in [3.8, 4) is 5.75 Å². The summed E-state index contributed by atoms with van der Waals surface area (Å²) in [5, 5.41) is 5.48. The Balaban J connectivity index is 2.25. The first kappa shape index (κ1) is 15.0. The molecule has 0 spiro atoms. The summed E-state index contributed by atoms with van der Waals surface area (Å²) in [6.07, 6.45) is 1.81. The van der Waals surface area contributed by atoms with Gasteiger partial charge in [0.25, 0.3) is 0 Å². The number of rotatable bonds is 7. The summed E-state index contributed by atoms with van der Waals surface area (Å²) in [6, 6.07) is 9.41. The number of ether oxygens (including phenoxy) is 1. The van der Waals surface area contributed by atoms with E-state index >= 15 is 0 Å². The molecule has 0 aliphatic carbocycles. The molecule has 0 saturated heterocycles. The van der Waals surface area contributed by atoms with E-state index in [0.29, 0.717) is 11.3 Å². The van der Waals surface area contributed by atoms with Gasteiger partial charge in [0.15, 0.2) is 11.6 Å². The molecule has 0 aliphatic rings. The van der Waals surface area contributed by atoms with Crippen molar-refractivity contribution >= 4 is 11.3 Å². The van der Waals surface area contributed by atoms with Crippen LogP contribution in [0.25, 0.3) is 0 Å². The normalized spacial score (nSPS) is 12.3. The molecule has 2 rings (SSSR count). The number of thiophene rings is 1. The third-order valence-corrected chi connectivity index (χ3v) is 4.11. The highest BCUT2D eigenvalue weighted by atomic mass is 32.1. The lowest BCUT2D eigenvalue weighted by molar-refractivity contribution is 0.379. The van der Waals surface area contributed by atoms with Crippen LogP contribution in [0.15, 0.2) is 35.7 Å². The number of nitrogens with one attached hydrogen (secondary N) is 1. The standard InChI is InChI=1S/C16H20FNOS/c1-3-9-18-14(11-12-6-5-10-20-12)13-7-4-8-15(19-2)16(13)17/h4-8,10,14,18H,3,9,11H2,1-2H3. The van der Waals surface area contributed by atoms with E-state index in [0.717, 1.165) is 19.4 Å². The molecule has 1 N–H and O–H groups in total. The fraction of sp³-hybridized carbons (Fsp3) is 0.375. The van der Waals surface area contributed by atoms with E-state index in [4.69, 9.17) is 4.74 Å². The fourth-order valence-corrected chi connectivity index (χ4v) is 2.95. The average molecular weight is 293 g/mol.